The predicted octanol–water partition coefficient (Wildman–Crippen LogP) is 2.46. The number of rotatable bonds is 2. The minimum atomic E-state index is -0.364. The first kappa shape index (κ1) is 12.3. The van der Waals surface area contributed by atoms with E-state index in [2.05, 4.69) is 15.1 Å². The van der Waals surface area contributed by atoms with Crippen LogP contribution in [0.5, 0.6) is 0 Å². The molecule has 1 aliphatic carbocycles. The normalized spacial score (nSPS) is 23.5. The monoisotopic (exact) mass is 259 g/mol. The Kier molecular flexibility index (Phi) is 3.29. The highest BCUT2D eigenvalue weighted by atomic mass is 16.5. The van der Waals surface area contributed by atoms with Crippen molar-refractivity contribution in [3.8, 4) is 11.4 Å². The summed E-state index contributed by atoms with van der Waals surface area (Å²) in [5.41, 5.74) is 1.94. The van der Waals surface area contributed by atoms with Crippen LogP contribution >= 0.6 is 0 Å². The number of aliphatic hydroxyl groups is 1. The van der Waals surface area contributed by atoms with E-state index in [1.165, 1.54) is 0 Å². The first-order valence-corrected chi connectivity index (χ1v) is 6.68. The van der Waals surface area contributed by atoms with Crippen molar-refractivity contribution in [2.24, 2.45) is 0 Å². The maximum atomic E-state index is 10.0. The first-order valence-electron chi connectivity index (χ1n) is 6.68. The third-order valence-electron chi connectivity index (χ3n) is 3.77. The summed E-state index contributed by atoms with van der Waals surface area (Å²) in [6, 6.07) is 1.92. The van der Waals surface area contributed by atoms with Gasteiger partial charge in [-0.3, -0.25) is 4.98 Å². The number of nitrogens with zero attached hydrogens (tertiary/aromatic N) is 3. The molecular weight excluding hydrogens is 242 g/mol. The van der Waals surface area contributed by atoms with Crippen LogP contribution in [0.4, 0.5) is 0 Å². The smallest absolute Gasteiger partial charge is 0.232 e. The molecule has 0 bridgehead atoms. The van der Waals surface area contributed by atoms with Crippen LogP contribution in [-0.2, 0) is 0 Å². The van der Waals surface area contributed by atoms with Gasteiger partial charge in [-0.15, -0.1) is 0 Å². The van der Waals surface area contributed by atoms with Gasteiger partial charge in [0, 0.05) is 18.0 Å². The highest BCUT2D eigenvalue weighted by Gasteiger charge is 2.29. The standard InChI is InChI=1S/C14H17N3O2/c1-9-6-7-15-8-11(9)13-16-14(19-17-13)10-4-2-3-5-12(10)18/h6-8,10,12,18H,2-5H2,1H3. The number of aliphatic hydroxyl groups excluding tert-OH is 1. The molecule has 2 unspecified atom stereocenters. The average Bonchev–Trinajstić information content (AvgIpc) is 2.89. The van der Waals surface area contributed by atoms with E-state index in [-0.39, 0.29) is 12.0 Å². The van der Waals surface area contributed by atoms with Crippen molar-refractivity contribution in [2.45, 2.75) is 44.6 Å². The zero-order chi connectivity index (χ0) is 13.2. The second kappa shape index (κ2) is 5.09. The van der Waals surface area contributed by atoms with Crippen molar-refractivity contribution in [3.05, 3.63) is 29.9 Å². The van der Waals surface area contributed by atoms with Gasteiger partial charge < -0.3 is 9.63 Å². The third-order valence-corrected chi connectivity index (χ3v) is 3.77. The Morgan fingerprint density at radius 2 is 2.16 bits per heavy atom. The van der Waals surface area contributed by atoms with E-state index in [9.17, 15) is 5.11 Å². The van der Waals surface area contributed by atoms with Crippen LogP contribution in [0.15, 0.2) is 23.0 Å². The van der Waals surface area contributed by atoms with Crippen molar-refractivity contribution in [1.29, 1.82) is 0 Å². The molecule has 3 rings (SSSR count). The lowest BCUT2D eigenvalue weighted by atomic mass is 9.86. The number of pyridine rings is 1. The molecule has 2 aromatic heterocycles. The molecule has 0 radical (unpaired) electrons. The molecule has 1 aliphatic rings. The minimum Gasteiger partial charge on any atom is -0.392 e. The lowest BCUT2D eigenvalue weighted by Crippen LogP contribution is -2.22. The van der Waals surface area contributed by atoms with E-state index in [0.29, 0.717) is 11.7 Å². The molecule has 2 atom stereocenters. The van der Waals surface area contributed by atoms with Gasteiger partial charge in [0.2, 0.25) is 11.7 Å². The molecule has 19 heavy (non-hydrogen) atoms. The third kappa shape index (κ3) is 2.38. The molecule has 1 saturated carbocycles. The van der Waals surface area contributed by atoms with Gasteiger partial charge >= 0.3 is 0 Å². The lowest BCUT2D eigenvalue weighted by Gasteiger charge is -2.24. The topological polar surface area (TPSA) is 72.0 Å². The highest BCUT2D eigenvalue weighted by molar-refractivity contribution is 5.57. The van der Waals surface area contributed by atoms with Gasteiger partial charge in [0.1, 0.15) is 0 Å². The minimum absolute atomic E-state index is 0.0213. The van der Waals surface area contributed by atoms with Gasteiger partial charge in [0.15, 0.2) is 0 Å². The first-order chi connectivity index (χ1) is 9.25. The largest absolute Gasteiger partial charge is 0.392 e. The molecule has 0 amide bonds. The Morgan fingerprint density at radius 3 is 2.95 bits per heavy atom. The van der Waals surface area contributed by atoms with Gasteiger partial charge in [-0.2, -0.15) is 4.98 Å². The van der Waals surface area contributed by atoms with Gasteiger partial charge in [-0.05, 0) is 31.4 Å². The molecule has 0 spiro atoms. The molecule has 100 valence electrons. The van der Waals surface area contributed by atoms with Crippen LogP contribution in [0.1, 0.15) is 43.1 Å². The van der Waals surface area contributed by atoms with Crippen LogP contribution in [0, 0.1) is 6.92 Å². The van der Waals surface area contributed by atoms with E-state index in [1.54, 1.807) is 12.4 Å². The molecule has 2 heterocycles. The summed E-state index contributed by atoms with van der Waals surface area (Å²) >= 11 is 0. The van der Waals surface area contributed by atoms with E-state index in [0.717, 1.165) is 36.8 Å². The maximum Gasteiger partial charge on any atom is 0.232 e. The van der Waals surface area contributed by atoms with Crippen molar-refractivity contribution in [2.75, 3.05) is 0 Å². The molecule has 0 saturated heterocycles. The maximum absolute atomic E-state index is 10.0. The second-order valence-electron chi connectivity index (χ2n) is 5.11. The van der Waals surface area contributed by atoms with Gasteiger partial charge in [0.25, 0.3) is 0 Å². The fraction of sp³-hybridized carbons (Fsp3) is 0.500. The molecule has 2 aromatic rings. The summed E-state index contributed by atoms with van der Waals surface area (Å²) in [7, 11) is 0. The Hall–Kier alpha value is -1.75. The van der Waals surface area contributed by atoms with Crippen molar-refractivity contribution in [1.82, 2.24) is 15.1 Å². The number of aromatic nitrogens is 3. The fourth-order valence-electron chi connectivity index (χ4n) is 2.59. The van der Waals surface area contributed by atoms with Crippen molar-refractivity contribution >= 4 is 0 Å². The van der Waals surface area contributed by atoms with Gasteiger partial charge in [-0.1, -0.05) is 18.0 Å². The SMILES string of the molecule is Cc1ccncc1-c1noc(C2CCCCC2O)n1. The highest BCUT2D eigenvalue weighted by Crippen LogP contribution is 2.33. The summed E-state index contributed by atoms with van der Waals surface area (Å²) in [6.45, 7) is 1.99. The van der Waals surface area contributed by atoms with Crippen LogP contribution in [-0.4, -0.2) is 26.3 Å². The van der Waals surface area contributed by atoms with E-state index in [1.807, 2.05) is 13.0 Å². The summed E-state index contributed by atoms with van der Waals surface area (Å²) in [5.74, 6) is 1.08. The van der Waals surface area contributed by atoms with Gasteiger partial charge in [-0.25, -0.2) is 0 Å². The quantitative estimate of drug-likeness (QED) is 0.896. The summed E-state index contributed by atoms with van der Waals surface area (Å²) in [6.07, 6.45) is 7.01. The fourth-order valence-corrected chi connectivity index (χ4v) is 2.59. The lowest BCUT2D eigenvalue weighted by molar-refractivity contribution is 0.0908. The van der Waals surface area contributed by atoms with Crippen LogP contribution < -0.4 is 0 Å². The Labute approximate surface area is 111 Å². The molecule has 1 N–H and O–H groups in total. The molecule has 5 nitrogen and oxygen atoms in total. The van der Waals surface area contributed by atoms with Crippen LogP contribution in [0.3, 0.4) is 0 Å². The van der Waals surface area contributed by atoms with Crippen LogP contribution in [0.2, 0.25) is 0 Å². The Bertz CT molecular complexity index is 567. The van der Waals surface area contributed by atoms with E-state index >= 15 is 0 Å². The Morgan fingerprint density at radius 1 is 1.32 bits per heavy atom. The summed E-state index contributed by atoms with van der Waals surface area (Å²) in [5, 5.41) is 14.0. The Balaban J connectivity index is 1.89. The number of hydrogen-bond donors (Lipinski definition) is 1. The zero-order valence-electron chi connectivity index (χ0n) is 10.9. The second-order valence-corrected chi connectivity index (χ2v) is 5.11. The van der Waals surface area contributed by atoms with Crippen LogP contribution in [0.25, 0.3) is 11.4 Å². The number of aryl methyl sites for hydroxylation is 1. The summed E-state index contributed by atoms with van der Waals surface area (Å²) < 4.78 is 5.34. The van der Waals surface area contributed by atoms with Gasteiger partial charge in [0.05, 0.1) is 12.0 Å². The zero-order valence-corrected chi connectivity index (χ0v) is 10.9. The predicted molar refractivity (Wildman–Crippen MR) is 69.5 cm³/mol. The molecular formula is C14H17N3O2. The van der Waals surface area contributed by atoms with Crippen molar-refractivity contribution in [3.63, 3.8) is 0 Å². The summed E-state index contributed by atoms with van der Waals surface area (Å²) in [4.78, 5) is 8.53. The number of hydrogen-bond acceptors (Lipinski definition) is 5. The molecule has 1 fully saturated rings. The average molecular weight is 259 g/mol. The molecule has 0 aromatic carbocycles. The van der Waals surface area contributed by atoms with E-state index < -0.39 is 0 Å². The molecule has 5 heteroatoms. The van der Waals surface area contributed by atoms with Crippen molar-refractivity contribution < 1.29 is 9.63 Å². The van der Waals surface area contributed by atoms with E-state index in [4.69, 9.17) is 4.52 Å². The molecule has 0 aliphatic heterocycles.